The number of nitrogens with one attached hydrogen (secondary N) is 1. The monoisotopic (exact) mass is 490 g/mol. The minimum absolute atomic E-state index is 0.0422. The second-order valence-electron chi connectivity index (χ2n) is 9.60. The molecule has 2 aromatic heterocycles. The number of pyridine rings is 2. The summed E-state index contributed by atoms with van der Waals surface area (Å²) in [6.45, 7) is 2.96. The molecule has 1 saturated heterocycles. The van der Waals surface area contributed by atoms with E-state index in [2.05, 4.69) is 22.4 Å². The van der Waals surface area contributed by atoms with E-state index in [-0.39, 0.29) is 6.10 Å². The molecular weight excluding hydrogens is 456 g/mol. The average Bonchev–Trinajstić information content (AvgIpc) is 3.36. The number of aliphatic carboxylic acids is 1. The van der Waals surface area contributed by atoms with Gasteiger partial charge in [-0.2, -0.15) is 0 Å². The molecule has 36 heavy (non-hydrogen) atoms. The maximum absolute atomic E-state index is 12.4. The van der Waals surface area contributed by atoms with Gasteiger partial charge in [0.1, 0.15) is 17.6 Å². The number of hydrogen-bond acceptors (Lipinski definition) is 7. The summed E-state index contributed by atoms with van der Waals surface area (Å²) >= 11 is 0. The summed E-state index contributed by atoms with van der Waals surface area (Å²) in [6, 6.07) is 9.29. The zero-order valence-electron chi connectivity index (χ0n) is 20.8. The van der Waals surface area contributed by atoms with Crippen molar-refractivity contribution in [1.29, 1.82) is 0 Å². The van der Waals surface area contributed by atoms with Crippen LogP contribution in [0.4, 0.5) is 5.82 Å². The summed E-state index contributed by atoms with van der Waals surface area (Å²) in [6.07, 6.45) is 9.44. The van der Waals surface area contributed by atoms with E-state index in [0.717, 1.165) is 66.5 Å². The van der Waals surface area contributed by atoms with Gasteiger partial charge in [-0.1, -0.05) is 24.3 Å². The number of carboxylic acid groups (broad SMARTS) is 1. The standard InChI is InChI=1S/C28H34N4O4/c1-35-25-17-29-16-24-22(25)8-4-9-23(24)26(28(33)34)32-14-12-21(18-32)36-15-3-2-7-20-11-10-19-6-5-13-30-27(19)31-20/h4,8-11,16-17,21,26H,2-3,5-7,12-15,18H2,1H3,(H,30,31)(H,33,34). The van der Waals surface area contributed by atoms with Gasteiger partial charge < -0.3 is 19.9 Å². The highest BCUT2D eigenvalue weighted by Crippen LogP contribution is 2.34. The van der Waals surface area contributed by atoms with E-state index in [4.69, 9.17) is 14.5 Å². The van der Waals surface area contributed by atoms with Gasteiger partial charge in [-0.3, -0.25) is 14.7 Å². The maximum Gasteiger partial charge on any atom is 0.325 e. The van der Waals surface area contributed by atoms with Crippen LogP contribution in [0.15, 0.2) is 42.7 Å². The van der Waals surface area contributed by atoms with Crippen LogP contribution >= 0.6 is 0 Å². The number of nitrogens with zero attached hydrogens (tertiary/aromatic N) is 3. The molecule has 1 fully saturated rings. The van der Waals surface area contributed by atoms with E-state index in [0.29, 0.717) is 25.4 Å². The molecule has 190 valence electrons. The van der Waals surface area contributed by atoms with Gasteiger partial charge in [0.25, 0.3) is 0 Å². The molecule has 0 aliphatic carbocycles. The molecule has 5 rings (SSSR count). The largest absolute Gasteiger partial charge is 0.494 e. The Labute approximate surface area is 211 Å². The molecule has 4 heterocycles. The summed E-state index contributed by atoms with van der Waals surface area (Å²) in [4.78, 5) is 23.4. The lowest BCUT2D eigenvalue weighted by molar-refractivity contribution is -0.143. The zero-order chi connectivity index (χ0) is 24.9. The molecular formula is C28H34N4O4. The quantitative estimate of drug-likeness (QED) is 0.408. The molecule has 8 heteroatoms. The Morgan fingerprint density at radius 3 is 3.00 bits per heavy atom. The Hall–Kier alpha value is -3.23. The van der Waals surface area contributed by atoms with Crippen LogP contribution in [0.1, 0.15) is 48.5 Å². The maximum atomic E-state index is 12.4. The zero-order valence-corrected chi connectivity index (χ0v) is 20.8. The molecule has 8 nitrogen and oxygen atoms in total. The van der Waals surface area contributed by atoms with Crippen LogP contribution in [0, 0.1) is 0 Å². The van der Waals surface area contributed by atoms with Crippen molar-refractivity contribution in [1.82, 2.24) is 14.9 Å². The highest BCUT2D eigenvalue weighted by Gasteiger charge is 2.35. The van der Waals surface area contributed by atoms with Crippen LogP contribution in [0.3, 0.4) is 0 Å². The Bertz CT molecular complexity index is 1220. The minimum atomic E-state index is -0.863. The summed E-state index contributed by atoms with van der Waals surface area (Å²) < 4.78 is 11.6. The van der Waals surface area contributed by atoms with Crippen molar-refractivity contribution in [2.24, 2.45) is 0 Å². The lowest BCUT2D eigenvalue weighted by Gasteiger charge is -2.25. The molecule has 2 aliphatic rings. The molecule has 1 aromatic carbocycles. The van der Waals surface area contributed by atoms with Gasteiger partial charge in [-0.05, 0) is 55.7 Å². The van der Waals surface area contributed by atoms with Crippen LogP contribution in [-0.2, 0) is 22.4 Å². The number of likely N-dealkylation sites (tertiary alicyclic amines) is 1. The number of anilines is 1. The number of carboxylic acids is 1. The van der Waals surface area contributed by atoms with Gasteiger partial charge in [0.05, 0.1) is 19.4 Å². The normalized spacial score (nSPS) is 18.5. The third kappa shape index (κ3) is 5.29. The summed E-state index contributed by atoms with van der Waals surface area (Å²) in [5, 5.41) is 15.2. The molecule has 0 saturated carbocycles. The average molecular weight is 491 g/mol. The first-order valence-corrected chi connectivity index (χ1v) is 12.9. The highest BCUT2D eigenvalue weighted by atomic mass is 16.5. The SMILES string of the molecule is COc1cncc2c(C(C(=O)O)N3CCC(OCCCCc4ccc5c(n4)NCCC5)C3)cccc12. The first kappa shape index (κ1) is 24.5. The van der Waals surface area contributed by atoms with Crippen LogP contribution in [-0.4, -0.2) is 65.4 Å². The number of benzene rings is 1. The van der Waals surface area contributed by atoms with Crippen molar-refractivity contribution in [3.8, 4) is 5.75 Å². The molecule has 3 aromatic rings. The highest BCUT2D eigenvalue weighted by molar-refractivity contribution is 5.93. The first-order chi connectivity index (χ1) is 17.6. The van der Waals surface area contributed by atoms with Gasteiger partial charge in [-0.15, -0.1) is 0 Å². The summed E-state index contributed by atoms with van der Waals surface area (Å²) in [7, 11) is 1.60. The number of methoxy groups -OCH3 is 1. The Balaban J connectivity index is 1.14. The number of rotatable bonds is 10. The summed E-state index contributed by atoms with van der Waals surface area (Å²) in [5.41, 5.74) is 3.18. The molecule has 0 radical (unpaired) electrons. The Morgan fingerprint density at radius 2 is 2.14 bits per heavy atom. The molecule has 2 N–H and O–H groups in total. The van der Waals surface area contributed by atoms with E-state index in [9.17, 15) is 9.90 Å². The topological polar surface area (TPSA) is 96.8 Å². The van der Waals surface area contributed by atoms with Crippen LogP contribution in [0.25, 0.3) is 10.8 Å². The van der Waals surface area contributed by atoms with Crippen LogP contribution < -0.4 is 10.1 Å². The van der Waals surface area contributed by atoms with E-state index < -0.39 is 12.0 Å². The van der Waals surface area contributed by atoms with Gasteiger partial charge in [0, 0.05) is 48.9 Å². The van der Waals surface area contributed by atoms with Crippen molar-refractivity contribution in [3.05, 3.63) is 59.5 Å². The van der Waals surface area contributed by atoms with Crippen molar-refractivity contribution >= 4 is 22.6 Å². The summed E-state index contributed by atoms with van der Waals surface area (Å²) in [5.74, 6) is 0.829. The second-order valence-corrected chi connectivity index (χ2v) is 9.60. The Morgan fingerprint density at radius 1 is 1.22 bits per heavy atom. The third-order valence-corrected chi connectivity index (χ3v) is 7.22. The number of carbonyl (C=O) groups is 1. The molecule has 0 amide bonds. The number of unbranched alkanes of at least 4 members (excludes halogenated alkanes) is 1. The number of fused-ring (bicyclic) bond motifs is 2. The molecule has 2 aliphatic heterocycles. The first-order valence-electron chi connectivity index (χ1n) is 12.9. The molecule has 2 unspecified atom stereocenters. The van der Waals surface area contributed by atoms with E-state index in [1.807, 2.05) is 23.1 Å². The fourth-order valence-corrected chi connectivity index (χ4v) is 5.37. The van der Waals surface area contributed by atoms with Gasteiger partial charge in [0.15, 0.2) is 0 Å². The van der Waals surface area contributed by atoms with E-state index >= 15 is 0 Å². The van der Waals surface area contributed by atoms with Gasteiger partial charge >= 0.3 is 5.97 Å². The fourth-order valence-electron chi connectivity index (χ4n) is 5.37. The van der Waals surface area contributed by atoms with Crippen LogP contribution in [0.5, 0.6) is 5.75 Å². The van der Waals surface area contributed by atoms with E-state index in [1.54, 1.807) is 19.5 Å². The minimum Gasteiger partial charge on any atom is -0.494 e. The van der Waals surface area contributed by atoms with Crippen molar-refractivity contribution in [3.63, 3.8) is 0 Å². The number of aromatic nitrogens is 2. The molecule has 2 atom stereocenters. The predicted molar refractivity (Wildman–Crippen MR) is 139 cm³/mol. The number of hydrogen-bond donors (Lipinski definition) is 2. The number of aryl methyl sites for hydroxylation is 2. The molecule has 0 bridgehead atoms. The van der Waals surface area contributed by atoms with Crippen LogP contribution in [0.2, 0.25) is 0 Å². The van der Waals surface area contributed by atoms with Gasteiger partial charge in [0.2, 0.25) is 0 Å². The smallest absolute Gasteiger partial charge is 0.325 e. The molecule has 0 spiro atoms. The lowest BCUT2D eigenvalue weighted by Crippen LogP contribution is -2.33. The predicted octanol–water partition coefficient (Wildman–Crippen LogP) is 4.24. The van der Waals surface area contributed by atoms with E-state index in [1.165, 1.54) is 12.0 Å². The van der Waals surface area contributed by atoms with Crippen molar-refractivity contribution < 1.29 is 19.4 Å². The Kier molecular flexibility index (Phi) is 7.63. The second kappa shape index (κ2) is 11.2. The fraction of sp³-hybridized carbons (Fsp3) is 0.464. The number of ether oxygens (including phenoxy) is 2. The third-order valence-electron chi connectivity index (χ3n) is 7.22. The van der Waals surface area contributed by atoms with Crippen molar-refractivity contribution in [2.75, 3.05) is 38.7 Å². The van der Waals surface area contributed by atoms with Gasteiger partial charge in [-0.25, -0.2) is 4.98 Å². The van der Waals surface area contributed by atoms with Crippen molar-refractivity contribution in [2.45, 2.75) is 50.7 Å². The lowest BCUT2D eigenvalue weighted by atomic mass is 9.99.